The molecule has 2 N–H and O–H groups in total. The molecule has 24 heavy (non-hydrogen) atoms. The van der Waals surface area contributed by atoms with Gasteiger partial charge < -0.3 is 10.2 Å². The van der Waals surface area contributed by atoms with Gasteiger partial charge in [-0.1, -0.05) is 0 Å². The van der Waals surface area contributed by atoms with Gasteiger partial charge in [-0.25, -0.2) is 4.98 Å². The van der Waals surface area contributed by atoms with Crippen molar-refractivity contribution in [2.24, 2.45) is 0 Å². The molecule has 0 fully saturated rings. The summed E-state index contributed by atoms with van der Waals surface area (Å²) in [6, 6.07) is 8.27. The Bertz CT molecular complexity index is 822. The summed E-state index contributed by atoms with van der Waals surface area (Å²) in [5.41, 5.74) is 1.92. The number of thiazole rings is 1. The molecular formula is C16H15N5O2S. The molecule has 0 saturated carbocycles. The van der Waals surface area contributed by atoms with E-state index >= 15 is 0 Å². The Kier molecular flexibility index (Phi) is 4.55. The molecule has 2 aromatic rings. The third-order valence-corrected chi connectivity index (χ3v) is 4.62. The van der Waals surface area contributed by atoms with Crippen molar-refractivity contribution in [3.63, 3.8) is 0 Å². The second kappa shape index (κ2) is 6.78. The highest BCUT2D eigenvalue weighted by atomic mass is 32.1. The molecule has 7 nitrogen and oxygen atoms in total. The topological polar surface area (TPSA) is 98.1 Å². The fourth-order valence-electron chi connectivity index (χ4n) is 2.35. The number of nitrogens with one attached hydrogen (secondary N) is 2. The number of hydrogen-bond donors (Lipinski definition) is 2. The molecule has 122 valence electrons. The van der Waals surface area contributed by atoms with E-state index in [-0.39, 0.29) is 0 Å². The standard InChI is InChI=1S/C16H15N5O2S/c1-21-7-6-12-13(9-21)24-16(19-12)20-15(23)14(22)18-11-4-2-10(8-17)3-5-11/h2-5H,6-7,9H2,1H3,(H,18,22)(H,19,20,23). The second-order valence-corrected chi connectivity index (χ2v) is 6.56. The highest BCUT2D eigenvalue weighted by Crippen LogP contribution is 2.27. The molecule has 0 radical (unpaired) electrons. The first-order chi connectivity index (χ1) is 11.5. The van der Waals surface area contributed by atoms with Crippen LogP contribution in [0.4, 0.5) is 10.8 Å². The van der Waals surface area contributed by atoms with E-state index in [1.54, 1.807) is 24.3 Å². The maximum Gasteiger partial charge on any atom is 0.315 e. The molecule has 0 aliphatic carbocycles. The van der Waals surface area contributed by atoms with Crippen LogP contribution in [0.15, 0.2) is 24.3 Å². The SMILES string of the molecule is CN1CCc2nc(NC(=O)C(=O)Nc3ccc(C#N)cc3)sc2C1. The van der Waals surface area contributed by atoms with Crippen molar-refractivity contribution in [1.82, 2.24) is 9.88 Å². The van der Waals surface area contributed by atoms with E-state index in [0.717, 1.165) is 30.1 Å². The molecule has 0 bridgehead atoms. The maximum absolute atomic E-state index is 12.0. The molecule has 0 saturated heterocycles. The summed E-state index contributed by atoms with van der Waals surface area (Å²) in [6.07, 6.45) is 0.843. The van der Waals surface area contributed by atoms with Gasteiger partial charge in [0, 0.05) is 30.1 Å². The summed E-state index contributed by atoms with van der Waals surface area (Å²) >= 11 is 1.40. The van der Waals surface area contributed by atoms with Crippen LogP contribution in [0.1, 0.15) is 16.1 Å². The zero-order chi connectivity index (χ0) is 17.1. The number of aromatic nitrogens is 1. The molecule has 1 aromatic heterocycles. The van der Waals surface area contributed by atoms with Gasteiger partial charge in [-0.3, -0.25) is 14.9 Å². The fraction of sp³-hybridized carbons (Fsp3) is 0.250. The first kappa shape index (κ1) is 16.1. The van der Waals surface area contributed by atoms with Gasteiger partial charge in [0.15, 0.2) is 5.13 Å². The van der Waals surface area contributed by atoms with Gasteiger partial charge in [-0.15, -0.1) is 11.3 Å². The van der Waals surface area contributed by atoms with Crippen LogP contribution in [0.5, 0.6) is 0 Å². The Morgan fingerprint density at radius 1 is 1.25 bits per heavy atom. The Balaban J connectivity index is 1.62. The predicted molar refractivity (Wildman–Crippen MR) is 90.6 cm³/mol. The van der Waals surface area contributed by atoms with Crippen molar-refractivity contribution < 1.29 is 9.59 Å². The van der Waals surface area contributed by atoms with Crippen LogP contribution in [0.3, 0.4) is 0 Å². The van der Waals surface area contributed by atoms with Gasteiger partial charge in [0.05, 0.1) is 17.3 Å². The maximum atomic E-state index is 12.0. The number of likely N-dealkylation sites (N-methyl/N-ethyl adjacent to an activating group) is 1. The fourth-order valence-corrected chi connectivity index (χ4v) is 3.43. The quantitative estimate of drug-likeness (QED) is 0.808. The number of hydrogen-bond acceptors (Lipinski definition) is 6. The zero-order valence-corrected chi connectivity index (χ0v) is 13.8. The Hall–Kier alpha value is -2.76. The lowest BCUT2D eigenvalue weighted by Gasteiger charge is -2.20. The van der Waals surface area contributed by atoms with E-state index in [0.29, 0.717) is 16.4 Å². The first-order valence-corrected chi connectivity index (χ1v) is 8.16. The summed E-state index contributed by atoms with van der Waals surface area (Å²) in [4.78, 5) is 31.6. The average molecular weight is 341 g/mol. The minimum Gasteiger partial charge on any atom is -0.318 e. The first-order valence-electron chi connectivity index (χ1n) is 7.35. The number of amides is 2. The third kappa shape index (κ3) is 3.59. The van der Waals surface area contributed by atoms with Crippen LogP contribution in [-0.4, -0.2) is 35.3 Å². The van der Waals surface area contributed by atoms with Crippen molar-refractivity contribution in [3.8, 4) is 6.07 Å². The number of carbonyl (C=O) groups is 2. The summed E-state index contributed by atoms with van der Waals surface area (Å²) in [5.74, 6) is -1.54. The molecule has 2 heterocycles. The zero-order valence-electron chi connectivity index (χ0n) is 13.0. The van der Waals surface area contributed by atoms with Crippen LogP contribution in [-0.2, 0) is 22.6 Å². The molecule has 0 unspecified atom stereocenters. The number of rotatable bonds is 2. The van der Waals surface area contributed by atoms with E-state index in [1.807, 2.05) is 13.1 Å². The number of nitriles is 1. The molecule has 1 aromatic carbocycles. The molecular weight excluding hydrogens is 326 g/mol. The minimum absolute atomic E-state index is 0.440. The van der Waals surface area contributed by atoms with Gasteiger partial charge in [-0.05, 0) is 31.3 Å². The largest absolute Gasteiger partial charge is 0.318 e. The lowest BCUT2D eigenvalue weighted by molar-refractivity contribution is -0.132. The predicted octanol–water partition coefficient (Wildman–Crippen LogP) is 1.58. The normalized spacial score (nSPS) is 13.7. The van der Waals surface area contributed by atoms with Gasteiger partial charge in [-0.2, -0.15) is 5.26 Å². The Morgan fingerprint density at radius 3 is 2.67 bits per heavy atom. The van der Waals surface area contributed by atoms with Gasteiger partial charge in [0.1, 0.15) is 0 Å². The van der Waals surface area contributed by atoms with Crippen molar-refractivity contribution >= 4 is 34.0 Å². The molecule has 3 rings (SSSR count). The number of anilines is 2. The summed E-state index contributed by atoms with van der Waals surface area (Å²) in [7, 11) is 2.03. The number of carbonyl (C=O) groups excluding carboxylic acids is 2. The molecule has 1 aliphatic rings. The smallest absolute Gasteiger partial charge is 0.315 e. The van der Waals surface area contributed by atoms with Gasteiger partial charge in [0.25, 0.3) is 0 Å². The summed E-state index contributed by atoms with van der Waals surface area (Å²) in [5, 5.41) is 14.2. The lowest BCUT2D eigenvalue weighted by atomic mass is 10.2. The molecule has 1 aliphatic heterocycles. The Morgan fingerprint density at radius 2 is 1.96 bits per heavy atom. The van der Waals surface area contributed by atoms with Crippen molar-refractivity contribution in [3.05, 3.63) is 40.4 Å². The van der Waals surface area contributed by atoms with Crippen LogP contribution >= 0.6 is 11.3 Å². The second-order valence-electron chi connectivity index (χ2n) is 5.47. The third-order valence-electron chi connectivity index (χ3n) is 3.62. The van der Waals surface area contributed by atoms with E-state index in [9.17, 15) is 9.59 Å². The van der Waals surface area contributed by atoms with Gasteiger partial charge >= 0.3 is 11.8 Å². The van der Waals surface area contributed by atoms with E-state index in [4.69, 9.17) is 5.26 Å². The van der Waals surface area contributed by atoms with Crippen molar-refractivity contribution in [2.45, 2.75) is 13.0 Å². The Labute approximate surface area is 142 Å². The van der Waals surface area contributed by atoms with Crippen LogP contribution in [0.25, 0.3) is 0 Å². The summed E-state index contributed by atoms with van der Waals surface area (Å²) < 4.78 is 0. The summed E-state index contributed by atoms with van der Waals surface area (Å²) in [6.45, 7) is 1.74. The monoisotopic (exact) mass is 341 g/mol. The number of benzene rings is 1. The molecule has 0 spiro atoms. The number of nitrogens with zero attached hydrogens (tertiary/aromatic N) is 3. The van der Waals surface area contributed by atoms with E-state index < -0.39 is 11.8 Å². The number of fused-ring (bicyclic) bond motifs is 1. The molecule has 2 amide bonds. The van der Waals surface area contributed by atoms with Crippen molar-refractivity contribution in [1.29, 1.82) is 5.26 Å². The molecule has 8 heteroatoms. The molecule has 0 atom stereocenters. The highest BCUT2D eigenvalue weighted by Gasteiger charge is 2.21. The van der Waals surface area contributed by atoms with E-state index in [2.05, 4.69) is 20.5 Å². The highest BCUT2D eigenvalue weighted by molar-refractivity contribution is 7.16. The van der Waals surface area contributed by atoms with Gasteiger partial charge in [0.2, 0.25) is 0 Å². The van der Waals surface area contributed by atoms with E-state index in [1.165, 1.54) is 11.3 Å². The average Bonchev–Trinajstić information content (AvgIpc) is 2.96. The minimum atomic E-state index is -0.773. The van der Waals surface area contributed by atoms with Crippen molar-refractivity contribution in [2.75, 3.05) is 24.2 Å². The van der Waals surface area contributed by atoms with Crippen LogP contribution in [0, 0.1) is 11.3 Å². The van der Waals surface area contributed by atoms with Crippen LogP contribution in [0.2, 0.25) is 0 Å². The lowest BCUT2D eigenvalue weighted by Crippen LogP contribution is -2.29. The van der Waals surface area contributed by atoms with Crippen LogP contribution < -0.4 is 10.6 Å².